The van der Waals surface area contributed by atoms with Crippen molar-refractivity contribution in [1.29, 1.82) is 0 Å². The van der Waals surface area contributed by atoms with Crippen LogP contribution in [0.4, 0.5) is 18.0 Å². The van der Waals surface area contributed by atoms with E-state index in [2.05, 4.69) is 10.6 Å². The molecule has 14 heteroatoms. The number of carboxylic acids is 1. The third-order valence-corrected chi connectivity index (χ3v) is 10.4. The van der Waals surface area contributed by atoms with Crippen molar-refractivity contribution in [2.45, 2.75) is 68.9 Å². The van der Waals surface area contributed by atoms with Crippen LogP contribution < -0.4 is 15.7 Å². The molecule has 2 amide bonds. The number of carbonyl (C=O) groups excluding carboxylic acids is 3. The van der Waals surface area contributed by atoms with Crippen molar-refractivity contribution in [3.05, 3.63) is 44.8 Å². The van der Waals surface area contributed by atoms with Crippen molar-refractivity contribution in [2.24, 2.45) is 5.92 Å². The minimum atomic E-state index is -5.19. The Labute approximate surface area is 250 Å². The molecule has 0 unspecified atom stereocenters. The number of carbonyl (C=O) groups is 3. The first kappa shape index (κ1) is 32.2. The smallest absolute Gasteiger partial charge is 0.430 e. The molecule has 3 N–H and O–H groups in total. The molecule has 0 aromatic carbocycles. The normalized spacial score (nSPS) is 24.3. The van der Waals surface area contributed by atoms with Gasteiger partial charge in [0.15, 0.2) is 6.10 Å². The number of nitrogens with zero attached hydrogens (tertiary/aromatic N) is 1. The van der Waals surface area contributed by atoms with E-state index in [1.54, 1.807) is 12.1 Å². The van der Waals surface area contributed by atoms with Gasteiger partial charge in [-0.25, -0.2) is 9.59 Å². The van der Waals surface area contributed by atoms with Gasteiger partial charge in [-0.3, -0.25) is 0 Å². The van der Waals surface area contributed by atoms with Gasteiger partial charge in [-0.15, -0.1) is 22.7 Å². The molecule has 1 atom stereocenters. The minimum absolute atomic E-state index is 0.0677. The van der Waals surface area contributed by atoms with Gasteiger partial charge < -0.3 is 34.9 Å². The van der Waals surface area contributed by atoms with Crippen LogP contribution in [0.15, 0.2) is 35.0 Å². The third-order valence-electron chi connectivity index (χ3n) is 8.39. The van der Waals surface area contributed by atoms with Gasteiger partial charge >= 0.3 is 18.2 Å². The second-order valence-electron chi connectivity index (χ2n) is 11.2. The van der Waals surface area contributed by atoms with Crippen LogP contribution in [0.3, 0.4) is 0 Å². The summed E-state index contributed by atoms with van der Waals surface area (Å²) >= 11 is 2.73. The number of esters is 1. The van der Waals surface area contributed by atoms with E-state index in [-0.39, 0.29) is 12.1 Å². The van der Waals surface area contributed by atoms with E-state index >= 15 is 0 Å². The van der Waals surface area contributed by atoms with E-state index in [9.17, 15) is 27.9 Å². The summed E-state index contributed by atoms with van der Waals surface area (Å²) in [5.41, 5.74) is -1.77. The molecule has 5 heterocycles. The predicted octanol–water partition coefficient (Wildman–Crippen LogP) is 3.13. The zero-order valence-corrected chi connectivity index (χ0v) is 24.7. The molecule has 3 saturated heterocycles. The molecule has 232 valence electrons. The molecule has 1 aliphatic carbocycles. The van der Waals surface area contributed by atoms with Gasteiger partial charge in [0.05, 0.1) is 35.9 Å². The summed E-state index contributed by atoms with van der Waals surface area (Å²) in [6, 6.07) is 7.51. The lowest BCUT2D eigenvalue weighted by molar-refractivity contribution is -0.945. The number of piperidine rings is 3. The predicted molar refractivity (Wildman–Crippen MR) is 148 cm³/mol. The molecule has 4 aliphatic rings. The van der Waals surface area contributed by atoms with Gasteiger partial charge in [-0.05, 0) is 35.7 Å². The van der Waals surface area contributed by atoms with Crippen LogP contribution in [0.5, 0.6) is 0 Å². The summed E-state index contributed by atoms with van der Waals surface area (Å²) in [4.78, 5) is 35.8. The second-order valence-corrected chi connectivity index (χ2v) is 13.1. The van der Waals surface area contributed by atoms with Gasteiger partial charge in [0.25, 0.3) is 0 Å². The van der Waals surface area contributed by atoms with Crippen molar-refractivity contribution in [3.63, 3.8) is 0 Å². The first-order valence-electron chi connectivity index (χ1n) is 14.1. The number of hydrogen-bond donors (Lipinski definition) is 3. The Hall–Kier alpha value is -2.68. The zero-order chi connectivity index (χ0) is 30.4. The number of fused-ring (bicyclic) bond motifs is 3. The van der Waals surface area contributed by atoms with E-state index in [1.807, 2.05) is 22.9 Å². The molecule has 4 fully saturated rings. The summed E-state index contributed by atoms with van der Waals surface area (Å²) in [6.07, 6.45) is 2.40. The monoisotopic (exact) mass is 631 g/mol. The Morgan fingerprint density at radius 2 is 1.57 bits per heavy atom. The van der Waals surface area contributed by atoms with Crippen molar-refractivity contribution in [3.8, 4) is 0 Å². The summed E-state index contributed by atoms with van der Waals surface area (Å²) in [5, 5.41) is 30.3. The Bertz CT molecular complexity index is 1140. The molecule has 1 saturated carbocycles. The number of halogens is 3. The average Bonchev–Trinajstić information content (AvgIpc) is 3.69. The highest BCUT2D eigenvalue weighted by Gasteiger charge is 2.51. The molecule has 9 nitrogen and oxygen atoms in total. The lowest BCUT2D eigenvalue weighted by atomic mass is 9.83. The minimum Gasteiger partial charge on any atom is -0.542 e. The fraction of sp³-hybridized carbons (Fsp3) is 0.607. The average molecular weight is 632 g/mol. The summed E-state index contributed by atoms with van der Waals surface area (Å²) < 4.78 is 38.5. The van der Waals surface area contributed by atoms with E-state index in [0.717, 1.165) is 56.3 Å². The van der Waals surface area contributed by atoms with Crippen molar-refractivity contribution in [1.82, 2.24) is 10.6 Å². The molecule has 2 aromatic heterocycles. The first-order valence-corrected chi connectivity index (χ1v) is 15.9. The highest BCUT2D eigenvalue weighted by molar-refractivity contribution is 7.12. The number of quaternary nitrogens is 1. The van der Waals surface area contributed by atoms with Crippen LogP contribution in [0.2, 0.25) is 0 Å². The number of aliphatic carboxylic acids is 1. The van der Waals surface area contributed by atoms with Crippen LogP contribution in [0.25, 0.3) is 0 Å². The highest BCUT2D eigenvalue weighted by Crippen LogP contribution is 2.40. The van der Waals surface area contributed by atoms with Crippen LogP contribution in [-0.4, -0.2) is 78.6 Å². The molecule has 2 bridgehead atoms. The van der Waals surface area contributed by atoms with Crippen molar-refractivity contribution >= 4 is 40.6 Å². The van der Waals surface area contributed by atoms with Gasteiger partial charge in [-0.2, -0.15) is 13.2 Å². The largest absolute Gasteiger partial charge is 0.542 e. The van der Waals surface area contributed by atoms with Crippen LogP contribution in [0, 0.1) is 5.92 Å². The number of urea groups is 1. The number of rotatable bonds is 8. The molecule has 3 aliphatic heterocycles. The molecule has 42 heavy (non-hydrogen) atoms. The Morgan fingerprint density at radius 1 is 1.00 bits per heavy atom. The van der Waals surface area contributed by atoms with Crippen molar-refractivity contribution in [2.75, 3.05) is 32.7 Å². The third kappa shape index (κ3) is 7.82. The number of alkyl halides is 3. The Kier molecular flexibility index (Phi) is 10.5. The molecular weight excluding hydrogens is 595 g/mol. The van der Waals surface area contributed by atoms with Crippen LogP contribution in [0.1, 0.15) is 54.7 Å². The summed E-state index contributed by atoms with van der Waals surface area (Å²) in [6.45, 7) is 4.28. The lowest BCUT2D eigenvalue weighted by Crippen LogP contribution is -2.66. The number of thiophene rings is 2. The van der Waals surface area contributed by atoms with E-state index in [0.29, 0.717) is 28.3 Å². The van der Waals surface area contributed by atoms with Gasteiger partial charge in [0.1, 0.15) is 12.5 Å². The second kappa shape index (κ2) is 13.7. The molecule has 2 aromatic rings. The maximum atomic E-state index is 13.5. The Balaban J connectivity index is 0.000000517. The quantitative estimate of drug-likeness (QED) is 0.304. The maximum Gasteiger partial charge on any atom is 0.430 e. The Morgan fingerprint density at radius 3 is 2.07 bits per heavy atom. The molecular formula is C28H36F3N3O6S2. The van der Waals surface area contributed by atoms with Crippen LogP contribution >= 0.6 is 22.7 Å². The number of aliphatic hydroxyl groups is 1. The van der Waals surface area contributed by atoms with Gasteiger partial charge in [-0.1, -0.05) is 31.4 Å². The van der Waals surface area contributed by atoms with Crippen molar-refractivity contribution < 1.29 is 47.0 Å². The van der Waals surface area contributed by atoms with Crippen LogP contribution in [-0.2, 0) is 19.9 Å². The SMILES string of the molecule is O=C(NCC[N+]12CCC(CC1)[C@@H](OC(=O)C(O)(c1cccs1)c1cccs1)C2)NC1CCCCC1.O=C([O-])C(F)(F)F. The molecule has 0 radical (unpaired) electrons. The summed E-state index contributed by atoms with van der Waals surface area (Å²) in [7, 11) is 0. The number of nitrogens with one attached hydrogen (secondary N) is 2. The molecule has 0 spiro atoms. The fourth-order valence-electron chi connectivity index (χ4n) is 6.07. The maximum absolute atomic E-state index is 13.5. The van der Waals surface area contributed by atoms with E-state index in [4.69, 9.17) is 14.6 Å². The van der Waals surface area contributed by atoms with E-state index < -0.39 is 23.7 Å². The summed E-state index contributed by atoms with van der Waals surface area (Å²) in [5.74, 6) is -3.26. The van der Waals surface area contributed by atoms with E-state index in [1.165, 1.54) is 41.9 Å². The first-order chi connectivity index (χ1) is 19.9. The number of hydrogen-bond acceptors (Lipinski definition) is 8. The standard InChI is InChI=1S/C26H35N3O4S2.C2HF3O2/c30-24(26(32,22-8-4-16-34-22)23-9-5-17-35-23)33-21-18-29(13-10-19(21)11-14-29)15-12-27-25(31)28-20-6-2-1-3-7-20;3-2(4,5)1(6)7/h4-5,8-9,16-17,19-21,32H,1-3,6-7,10-15,18H2,(H-,27,28,31);(H,6,7)/t19?,21-,29?;/m0./s1. The fourth-order valence-corrected chi connectivity index (χ4v) is 7.79. The highest BCUT2D eigenvalue weighted by atomic mass is 32.1. The topological polar surface area (TPSA) is 128 Å². The number of ether oxygens (including phenoxy) is 1. The molecule has 6 rings (SSSR count). The van der Waals surface area contributed by atoms with Gasteiger partial charge in [0.2, 0.25) is 5.60 Å². The van der Waals surface area contributed by atoms with Gasteiger partial charge in [0, 0.05) is 24.8 Å². The number of carboxylic acid groups (broad SMARTS) is 1. The lowest BCUT2D eigenvalue weighted by Gasteiger charge is -2.52. The zero-order valence-electron chi connectivity index (χ0n) is 23.1. The number of amides is 2.